The number of hydrogen-bond donors (Lipinski definition) is 1. The maximum Gasteiger partial charge on any atom is 0.269 e. The molecular formula is C12H20N2O2. The smallest absolute Gasteiger partial charge is 0.269 e. The minimum absolute atomic E-state index is 0. The number of unbranched alkanes of at least 4 members (excludes halogenated alkanes) is 3. The fourth-order valence-electron chi connectivity index (χ4n) is 1.54. The van der Waals surface area contributed by atoms with Crippen molar-refractivity contribution in [2.24, 2.45) is 0 Å². The van der Waals surface area contributed by atoms with Gasteiger partial charge in [0.05, 0.1) is 4.92 Å². The number of non-ortho nitro benzene ring substituents is 1. The molecule has 0 aromatic heterocycles. The fourth-order valence-corrected chi connectivity index (χ4v) is 1.54. The molecule has 4 heteroatoms. The highest BCUT2D eigenvalue weighted by molar-refractivity contribution is 5.32. The highest BCUT2D eigenvalue weighted by Gasteiger charge is 2.03. The lowest BCUT2D eigenvalue weighted by Crippen LogP contribution is -1.89. The van der Waals surface area contributed by atoms with E-state index in [0.717, 1.165) is 6.42 Å². The van der Waals surface area contributed by atoms with E-state index in [-0.39, 0.29) is 16.8 Å². The Bertz CT molecular complexity index is 309. The van der Waals surface area contributed by atoms with Gasteiger partial charge in [-0.3, -0.25) is 10.1 Å². The highest BCUT2D eigenvalue weighted by Crippen LogP contribution is 2.14. The quantitative estimate of drug-likeness (QED) is 0.452. The van der Waals surface area contributed by atoms with E-state index in [2.05, 4.69) is 6.92 Å². The largest absolute Gasteiger partial charge is 0.344 e. The molecule has 0 saturated heterocycles. The second-order valence-electron chi connectivity index (χ2n) is 3.73. The molecule has 0 aliphatic rings. The summed E-state index contributed by atoms with van der Waals surface area (Å²) in [5.74, 6) is 0. The van der Waals surface area contributed by atoms with Crippen LogP contribution in [0.15, 0.2) is 24.3 Å². The van der Waals surface area contributed by atoms with Crippen LogP contribution in [0.25, 0.3) is 0 Å². The van der Waals surface area contributed by atoms with Crippen molar-refractivity contribution in [3.8, 4) is 0 Å². The van der Waals surface area contributed by atoms with Crippen LogP contribution in [0.1, 0.15) is 38.2 Å². The van der Waals surface area contributed by atoms with Gasteiger partial charge in [-0.25, -0.2) is 0 Å². The van der Waals surface area contributed by atoms with Gasteiger partial charge in [0, 0.05) is 12.1 Å². The highest BCUT2D eigenvalue weighted by atomic mass is 16.6. The zero-order valence-corrected chi connectivity index (χ0v) is 9.82. The number of nitro benzene ring substituents is 1. The van der Waals surface area contributed by atoms with Gasteiger partial charge in [0.15, 0.2) is 0 Å². The summed E-state index contributed by atoms with van der Waals surface area (Å²) in [4.78, 5) is 10.1. The van der Waals surface area contributed by atoms with E-state index < -0.39 is 0 Å². The molecular weight excluding hydrogens is 204 g/mol. The van der Waals surface area contributed by atoms with Crippen LogP contribution >= 0.6 is 0 Å². The zero-order chi connectivity index (χ0) is 11.1. The molecule has 1 aromatic carbocycles. The van der Waals surface area contributed by atoms with Gasteiger partial charge in [0.25, 0.3) is 5.69 Å². The summed E-state index contributed by atoms with van der Waals surface area (Å²) in [6, 6.07) is 6.86. The summed E-state index contributed by atoms with van der Waals surface area (Å²) in [5.41, 5.74) is 1.36. The van der Waals surface area contributed by atoms with Crippen molar-refractivity contribution in [1.82, 2.24) is 6.15 Å². The molecule has 0 aliphatic heterocycles. The summed E-state index contributed by atoms with van der Waals surface area (Å²) >= 11 is 0. The lowest BCUT2D eigenvalue weighted by Gasteiger charge is -2.00. The normalized spacial score (nSPS) is 9.56. The molecule has 3 N–H and O–H groups in total. The van der Waals surface area contributed by atoms with Gasteiger partial charge in [0.1, 0.15) is 0 Å². The van der Waals surface area contributed by atoms with Crippen molar-refractivity contribution in [2.75, 3.05) is 0 Å². The van der Waals surface area contributed by atoms with Crippen molar-refractivity contribution in [3.63, 3.8) is 0 Å². The third kappa shape index (κ3) is 4.89. The summed E-state index contributed by atoms with van der Waals surface area (Å²) in [6.07, 6.45) is 5.95. The maximum absolute atomic E-state index is 10.4. The Morgan fingerprint density at radius 1 is 1.12 bits per heavy atom. The van der Waals surface area contributed by atoms with Gasteiger partial charge in [0.2, 0.25) is 0 Å². The molecule has 1 aromatic rings. The summed E-state index contributed by atoms with van der Waals surface area (Å²) in [6.45, 7) is 2.19. The molecule has 0 amide bonds. The molecule has 16 heavy (non-hydrogen) atoms. The second kappa shape index (κ2) is 7.82. The van der Waals surface area contributed by atoms with Gasteiger partial charge in [-0.1, -0.05) is 38.3 Å². The lowest BCUT2D eigenvalue weighted by molar-refractivity contribution is -0.384. The van der Waals surface area contributed by atoms with Gasteiger partial charge in [-0.05, 0) is 18.4 Å². The Morgan fingerprint density at radius 3 is 2.25 bits per heavy atom. The minimum atomic E-state index is -0.360. The first kappa shape index (κ1) is 14.6. The van der Waals surface area contributed by atoms with Crippen LogP contribution in [0.4, 0.5) is 5.69 Å². The first-order chi connectivity index (χ1) is 7.24. The third-order valence-electron chi connectivity index (χ3n) is 2.47. The average Bonchev–Trinajstić information content (AvgIpc) is 2.25. The fraction of sp³-hybridized carbons (Fsp3) is 0.500. The first-order valence-electron chi connectivity index (χ1n) is 5.47. The molecule has 4 nitrogen and oxygen atoms in total. The van der Waals surface area contributed by atoms with Crippen LogP contribution in [0.5, 0.6) is 0 Å². The summed E-state index contributed by atoms with van der Waals surface area (Å²) < 4.78 is 0. The standard InChI is InChI=1S/C12H17NO2.H3N/c1-2-3-4-5-6-11-7-9-12(10-8-11)13(14)15;/h7-10H,2-6H2,1H3;1H3. The molecule has 0 bridgehead atoms. The molecule has 0 saturated carbocycles. The maximum atomic E-state index is 10.4. The average molecular weight is 224 g/mol. The number of benzene rings is 1. The Morgan fingerprint density at radius 2 is 1.75 bits per heavy atom. The lowest BCUT2D eigenvalue weighted by atomic mass is 10.1. The molecule has 0 atom stereocenters. The van der Waals surface area contributed by atoms with Gasteiger partial charge >= 0.3 is 0 Å². The molecule has 1 rings (SSSR count). The molecule has 0 radical (unpaired) electrons. The topological polar surface area (TPSA) is 78.1 Å². The van der Waals surface area contributed by atoms with Crippen molar-refractivity contribution in [1.29, 1.82) is 0 Å². The third-order valence-corrected chi connectivity index (χ3v) is 2.47. The van der Waals surface area contributed by atoms with Gasteiger partial charge < -0.3 is 6.15 Å². The summed E-state index contributed by atoms with van der Waals surface area (Å²) in [7, 11) is 0. The number of rotatable bonds is 6. The number of nitro groups is 1. The molecule has 0 fully saturated rings. The molecule has 90 valence electrons. The van der Waals surface area contributed by atoms with E-state index in [9.17, 15) is 10.1 Å². The predicted octanol–water partition coefficient (Wildman–Crippen LogP) is 3.88. The minimum Gasteiger partial charge on any atom is -0.344 e. The van der Waals surface area contributed by atoms with Crippen LogP contribution in [-0.4, -0.2) is 4.92 Å². The van der Waals surface area contributed by atoms with Crippen molar-refractivity contribution in [3.05, 3.63) is 39.9 Å². The van der Waals surface area contributed by atoms with Gasteiger partial charge in [-0.15, -0.1) is 0 Å². The number of nitrogens with zero attached hydrogens (tertiary/aromatic N) is 1. The van der Waals surface area contributed by atoms with Crippen molar-refractivity contribution in [2.45, 2.75) is 39.0 Å². The second-order valence-corrected chi connectivity index (χ2v) is 3.73. The van der Waals surface area contributed by atoms with E-state index in [0.29, 0.717) is 0 Å². The van der Waals surface area contributed by atoms with Crippen LogP contribution in [0.3, 0.4) is 0 Å². The Hall–Kier alpha value is -1.42. The Labute approximate surface area is 96.4 Å². The first-order valence-corrected chi connectivity index (χ1v) is 5.47. The van der Waals surface area contributed by atoms with Crippen LogP contribution in [0, 0.1) is 10.1 Å². The molecule has 0 unspecified atom stereocenters. The summed E-state index contributed by atoms with van der Waals surface area (Å²) in [5, 5.41) is 10.4. The van der Waals surface area contributed by atoms with E-state index in [1.165, 1.54) is 31.2 Å². The van der Waals surface area contributed by atoms with Crippen molar-refractivity contribution >= 4 is 5.69 Å². The van der Waals surface area contributed by atoms with E-state index in [1.807, 2.05) is 12.1 Å². The van der Waals surface area contributed by atoms with Crippen LogP contribution in [0.2, 0.25) is 0 Å². The number of aryl methyl sites for hydroxylation is 1. The Kier molecular flexibility index (Phi) is 7.12. The van der Waals surface area contributed by atoms with Crippen LogP contribution < -0.4 is 6.15 Å². The molecule has 0 aliphatic carbocycles. The van der Waals surface area contributed by atoms with Crippen molar-refractivity contribution < 1.29 is 4.92 Å². The van der Waals surface area contributed by atoms with Gasteiger partial charge in [-0.2, -0.15) is 0 Å². The van der Waals surface area contributed by atoms with Crippen LogP contribution in [-0.2, 0) is 6.42 Å². The van der Waals surface area contributed by atoms with E-state index >= 15 is 0 Å². The predicted molar refractivity (Wildman–Crippen MR) is 66.0 cm³/mol. The Balaban J connectivity index is 0.00000225. The number of hydrogen-bond acceptors (Lipinski definition) is 3. The zero-order valence-electron chi connectivity index (χ0n) is 9.82. The van der Waals surface area contributed by atoms with E-state index in [1.54, 1.807) is 12.1 Å². The molecule has 0 heterocycles. The van der Waals surface area contributed by atoms with E-state index in [4.69, 9.17) is 0 Å². The SMILES string of the molecule is CCCCCCc1ccc([N+](=O)[O-])cc1.N. The monoisotopic (exact) mass is 224 g/mol. The molecule has 0 spiro atoms.